The lowest BCUT2D eigenvalue weighted by molar-refractivity contribution is 0.0898. The van der Waals surface area contributed by atoms with E-state index in [-0.39, 0.29) is 12.1 Å². The highest BCUT2D eigenvalue weighted by molar-refractivity contribution is 6.76. The van der Waals surface area contributed by atoms with Gasteiger partial charge in [0.05, 0.1) is 17.3 Å². The molecule has 2 atom stereocenters. The third kappa shape index (κ3) is 6.12. The zero-order valence-electron chi connectivity index (χ0n) is 23.1. The molecule has 38 heavy (non-hydrogen) atoms. The molecule has 0 spiro atoms. The summed E-state index contributed by atoms with van der Waals surface area (Å²) in [6, 6.07) is 1.09. The highest BCUT2D eigenvalue weighted by atomic mass is 28.3. The largest absolute Gasteiger partial charge is 0.465 e. The van der Waals surface area contributed by atoms with E-state index in [9.17, 15) is 9.90 Å². The number of ether oxygens (including phenoxy) is 1. The summed E-state index contributed by atoms with van der Waals surface area (Å²) in [7, 11) is 0.678. The Bertz CT molecular complexity index is 1300. The molecule has 3 aromatic rings. The number of nitrogens with zero attached hydrogens (tertiary/aromatic N) is 6. The average molecular weight is 541 g/mol. The van der Waals surface area contributed by atoms with Gasteiger partial charge in [0, 0.05) is 52.8 Å². The Morgan fingerprint density at radius 1 is 1.18 bits per heavy atom. The Labute approximate surface area is 224 Å². The molecule has 0 unspecified atom stereocenters. The lowest BCUT2D eigenvalue weighted by atomic mass is 9.99. The van der Waals surface area contributed by atoms with Gasteiger partial charge in [-0.3, -0.25) is 4.68 Å². The van der Waals surface area contributed by atoms with Crippen LogP contribution in [0.3, 0.4) is 0 Å². The Morgan fingerprint density at radius 2 is 1.97 bits per heavy atom. The number of hydrogen-bond acceptors (Lipinski definition) is 7. The lowest BCUT2D eigenvalue weighted by Gasteiger charge is -2.36. The van der Waals surface area contributed by atoms with Gasteiger partial charge in [0.25, 0.3) is 0 Å². The van der Waals surface area contributed by atoms with Crippen molar-refractivity contribution >= 4 is 42.7 Å². The number of piperidine rings is 1. The first-order valence-electron chi connectivity index (χ1n) is 13.6. The van der Waals surface area contributed by atoms with Gasteiger partial charge in [-0.2, -0.15) is 15.1 Å². The maximum atomic E-state index is 11.8. The van der Waals surface area contributed by atoms with E-state index in [1.54, 1.807) is 10.9 Å². The molecule has 206 valence electrons. The summed E-state index contributed by atoms with van der Waals surface area (Å²) in [5.74, 6) is 1.70. The molecule has 11 nitrogen and oxygen atoms in total. The zero-order chi connectivity index (χ0) is 27.0. The average Bonchev–Trinajstić information content (AvgIpc) is 3.51. The molecule has 1 saturated heterocycles. The molecule has 5 rings (SSSR count). The SMILES string of the molecule is C[C@H]1CC[C@@H](Nc2nc(Nc3cnn(C)c3)nc3c2c(C2CC2)cn3COCC[Si](C)(C)C)CN1C(=O)O. The van der Waals surface area contributed by atoms with Crippen LogP contribution < -0.4 is 10.6 Å². The summed E-state index contributed by atoms with van der Waals surface area (Å²) in [5.41, 5.74) is 2.86. The van der Waals surface area contributed by atoms with Crippen LogP contribution in [-0.2, 0) is 18.5 Å². The van der Waals surface area contributed by atoms with E-state index in [0.717, 1.165) is 60.9 Å². The second-order valence-electron chi connectivity index (χ2n) is 12.0. The molecule has 4 heterocycles. The van der Waals surface area contributed by atoms with Crippen molar-refractivity contribution in [2.24, 2.45) is 7.05 Å². The fraction of sp³-hybridized carbons (Fsp3) is 0.615. The molecule has 2 aliphatic rings. The minimum Gasteiger partial charge on any atom is -0.465 e. The molecule has 3 N–H and O–H groups in total. The van der Waals surface area contributed by atoms with Gasteiger partial charge in [-0.1, -0.05) is 19.6 Å². The summed E-state index contributed by atoms with van der Waals surface area (Å²) < 4.78 is 9.96. The first-order chi connectivity index (χ1) is 18.1. The molecule has 1 saturated carbocycles. The van der Waals surface area contributed by atoms with Crippen LogP contribution >= 0.6 is 0 Å². The summed E-state index contributed by atoms with van der Waals surface area (Å²) in [5, 5.41) is 21.9. The topological polar surface area (TPSA) is 122 Å². The molecule has 1 aliphatic carbocycles. The monoisotopic (exact) mass is 540 g/mol. The van der Waals surface area contributed by atoms with E-state index >= 15 is 0 Å². The van der Waals surface area contributed by atoms with Gasteiger partial charge in [0.15, 0.2) is 0 Å². The number of likely N-dealkylation sites (tertiary alicyclic amines) is 1. The third-order valence-corrected chi connectivity index (χ3v) is 9.12. The van der Waals surface area contributed by atoms with Gasteiger partial charge in [-0.05, 0) is 50.1 Å². The highest BCUT2D eigenvalue weighted by Gasteiger charge is 2.33. The zero-order valence-corrected chi connectivity index (χ0v) is 24.1. The molecule has 2 fully saturated rings. The van der Waals surface area contributed by atoms with Crippen molar-refractivity contribution in [1.82, 2.24) is 29.2 Å². The molecule has 0 radical (unpaired) electrons. The number of aryl methyl sites for hydroxylation is 1. The Hall–Kier alpha value is -3.12. The Kier molecular flexibility index (Phi) is 7.36. The first kappa shape index (κ1) is 26.5. The molecular formula is C26H40N8O3Si. The maximum Gasteiger partial charge on any atom is 0.407 e. The number of carbonyl (C=O) groups is 1. The number of aromatic nitrogens is 5. The Balaban J connectivity index is 1.49. The van der Waals surface area contributed by atoms with E-state index in [1.165, 1.54) is 10.5 Å². The molecule has 3 aromatic heterocycles. The van der Waals surface area contributed by atoms with Crippen molar-refractivity contribution in [2.75, 3.05) is 23.8 Å². The van der Waals surface area contributed by atoms with Crippen molar-refractivity contribution < 1.29 is 14.6 Å². The number of amides is 1. The predicted molar refractivity (Wildman–Crippen MR) is 151 cm³/mol. The number of anilines is 3. The fourth-order valence-electron chi connectivity index (χ4n) is 5.02. The molecular weight excluding hydrogens is 500 g/mol. The van der Waals surface area contributed by atoms with Crippen LogP contribution in [0, 0.1) is 0 Å². The van der Waals surface area contributed by atoms with Gasteiger partial charge in [-0.25, -0.2) is 4.79 Å². The van der Waals surface area contributed by atoms with E-state index in [4.69, 9.17) is 14.7 Å². The number of hydrogen-bond donors (Lipinski definition) is 3. The lowest BCUT2D eigenvalue weighted by Crippen LogP contribution is -2.49. The van der Waals surface area contributed by atoms with Crippen LogP contribution in [0.5, 0.6) is 0 Å². The Morgan fingerprint density at radius 3 is 2.63 bits per heavy atom. The summed E-state index contributed by atoms with van der Waals surface area (Å²) in [6.45, 7) is 10.6. The van der Waals surface area contributed by atoms with Crippen LogP contribution in [0.1, 0.15) is 44.1 Å². The van der Waals surface area contributed by atoms with Gasteiger partial charge < -0.3 is 29.9 Å². The molecule has 0 bridgehead atoms. The normalized spacial score (nSPS) is 20.2. The van der Waals surface area contributed by atoms with Crippen molar-refractivity contribution in [3.05, 3.63) is 24.2 Å². The van der Waals surface area contributed by atoms with Crippen LogP contribution in [0.4, 0.5) is 22.2 Å². The minimum atomic E-state index is -1.19. The smallest absolute Gasteiger partial charge is 0.407 e. The standard InChI is InChI=1S/C26H40N8O3Si/c1-17-6-9-19(14-34(17)26(35)36)28-23-22-21(18-7-8-18)15-33(16-37-10-11-38(3,4)5)24(22)31-25(30-23)29-20-12-27-32(2)13-20/h12-13,15,17-19H,6-11,14,16H2,1-5H3,(H,35,36)(H2,28,29,30,31)/t17-,19+/m0/s1. The third-order valence-electron chi connectivity index (χ3n) is 7.42. The van der Waals surface area contributed by atoms with Gasteiger partial charge >= 0.3 is 6.09 Å². The molecule has 1 amide bonds. The van der Waals surface area contributed by atoms with Crippen molar-refractivity contribution in [3.8, 4) is 0 Å². The number of carboxylic acid groups (broad SMARTS) is 1. The maximum absolute atomic E-state index is 11.8. The first-order valence-corrected chi connectivity index (χ1v) is 17.3. The molecule has 12 heteroatoms. The van der Waals surface area contributed by atoms with Gasteiger partial charge in [0.1, 0.15) is 18.2 Å². The van der Waals surface area contributed by atoms with Crippen LogP contribution in [0.2, 0.25) is 25.7 Å². The van der Waals surface area contributed by atoms with E-state index in [2.05, 4.69) is 46.1 Å². The predicted octanol–water partition coefficient (Wildman–Crippen LogP) is 5.04. The van der Waals surface area contributed by atoms with E-state index in [0.29, 0.717) is 25.1 Å². The fourth-order valence-corrected chi connectivity index (χ4v) is 5.78. The summed E-state index contributed by atoms with van der Waals surface area (Å²) in [6.07, 6.45) is 8.90. The second-order valence-corrected chi connectivity index (χ2v) is 17.6. The van der Waals surface area contributed by atoms with E-state index in [1.807, 2.05) is 20.2 Å². The number of fused-ring (bicyclic) bond motifs is 1. The molecule has 0 aromatic carbocycles. The highest BCUT2D eigenvalue weighted by Crippen LogP contribution is 2.45. The van der Waals surface area contributed by atoms with Crippen molar-refractivity contribution in [2.45, 2.75) is 83.0 Å². The summed E-state index contributed by atoms with van der Waals surface area (Å²) in [4.78, 5) is 23.2. The second kappa shape index (κ2) is 10.6. The quantitative estimate of drug-likeness (QED) is 0.241. The van der Waals surface area contributed by atoms with Crippen LogP contribution in [0.25, 0.3) is 11.0 Å². The van der Waals surface area contributed by atoms with Gasteiger partial charge in [0.2, 0.25) is 5.95 Å². The summed E-state index contributed by atoms with van der Waals surface area (Å²) >= 11 is 0. The van der Waals surface area contributed by atoms with Crippen molar-refractivity contribution in [1.29, 1.82) is 0 Å². The van der Waals surface area contributed by atoms with Gasteiger partial charge in [-0.15, -0.1) is 0 Å². The van der Waals surface area contributed by atoms with Crippen LogP contribution in [0.15, 0.2) is 18.6 Å². The minimum absolute atomic E-state index is 0.00944. The molecule has 1 aliphatic heterocycles. The van der Waals surface area contributed by atoms with Crippen LogP contribution in [-0.4, -0.2) is 73.7 Å². The van der Waals surface area contributed by atoms with E-state index < -0.39 is 14.2 Å². The van der Waals surface area contributed by atoms with Crippen molar-refractivity contribution in [3.63, 3.8) is 0 Å². The number of nitrogens with one attached hydrogen (secondary N) is 2. The number of rotatable bonds is 10.